The summed E-state index contributed by atoms with van der Waals surface area (Å²) in [5.74, 6) is -0.643. The van der Waals surface area contributed by atoms with Gasteiger partial charge in [-0.1, -0.05) is 74.5 Å². The number of carbonyl (C=O) groups is 1. The first-order valence-corrected chi connectivity index (χ1v) is 27.0. The number of para-hydroxylation sites is 2. The van der Waals surface area contributed by atoms with E-state index in [-0.39, 0.29) is 28.2 Å². The van der Waals surface area contributed by atoms with E-state index in [0.717, 1.165) is 71.8 Å². The Balaban J connectivity index is 1.41. The lowest BCUT2D eigenvalue weighted by atomic mass is 9.81. The van der Waals surface area contributed by atoms with Gasteiger partial charge in [0, 0.05) is 69.4 Å². The smallest absolute Gasteiger partial charge is 0.264 e. The van der Waals surface area contributed by atoms with Crippen LogP contribution in [0.2, 0.25) is 0 Å². The molecule has 5 N–H and O–H groups in total. The number of unbranched alkanes of at least 4 members (excludes halogenated alkanes) is 4. The average molecular weight is 944 g/mol. The summed E-state index contributed by atoms with van der Waals surface area (Å²) in [5, 5.41) is 3.04. The molecule has 14 heteroatoms. The van der Waals surface area contributed by atoms with Gasteiger partial charge in [0.15, 0.2) is 5.71 Å². The summed E-state index contributed by atoms with van der Waals surface area (Å²) in [5.41, 5.74) is 16.0. The number of nitrogens with one attached hydrogen (secondary N) is 1. The minimum Gasteiger partial charge on any atom is -0.352 e. The molecular weight excluding hydrogens is 877 g/mol. The average Bonchev–Trinajstić information content (AvgIpc) is 3.60. The van der Waals surface area contributed by atoms with Gasteiger partial charge in [0.05, 0.1) is 16.9 Å². The zero-order valence-electron chi connectivity index (χ0n) is 38.6. The Bertz CT molecular complexity index is 2610. The third-order valence-electron chi connectivity index (χ3n) is 12.9. The quantitative estimate of drug-likeness (QED) is 0.0458. The molecule has 2 heterocycles. The van der Waals surface area contributed by atoms with Gasteiger partial charge in [0.2, 0.25) is 5.69 Å². The van der Waals surface area contributed by atoms with Gasteiger partial charge in [-0.05, 0) is 137 Å². The van der Waals surface area contributed by atoms with Crippen LogP contribution in [0.3, 0.4) is 0 Å². The Kier molecular flexibility index (Phi) is 16.6. The molecule has 0 unspecified atom stereocenters. The Morgan fingerprint density at radius 3 is 2.15 bits per heavy atom. The number of fused-ring (bicyclic) bond motifs is 2. The van der Waals surface area contributed by atoms with Crippen LogP contribution in [-0.4, -0.2) is 79.8 Å². The van der Waals surface area contributed by atoms with E-state index in [1.54, 1.807) is 11.8 Å². The number of nitrogens with zero attached hydrogens (tertiary/aromatic N) is 2. The highest BCUT2D eigenvalue weighted by Crippen LogP contribution is 2.50. The number of nitrogens with two attached hydrogens (primary N) is 1. The summed E-state index contributed by atoms with van der Waals surface area (Å²) in [6, 6.07) is 24.6. The summed E-state index contributed by atoms with van der Waals surface area (Å²) in [4.78, 5) is 17.6. The molecular formula is C51H67N4O7S3+. The Labute approximate surface area is 391 Å². The molecule has 0 saturated carbocycles. The predicted octanol–water partition coefficient (Wildman–Crippen LogP) is 10.0. The number of carbonyl (C=O) groups excluding carboxylic acids is 1. The lowest BCUT2D eigenvalue weighted by Gasteiger charge is -2.29. The molecule has 2 aliphatic heterocycles. The topological polar surface area (TPSA) is 170 Å². The van der Waals surface area contributed by atoms with Gasteiger partial charge >= 0.3 is 0 Å². The van der Waals surface area contributed by atoms with Crippen molar-refractivity contribution in [3.8, 4) is 0 Å². The molecule has 0 atom stereocenters. The molecule has 0 fully saturated rings. The van der Waals surface area contributed by atoms with E-state index in [4.69, 9.17) is 5.73 Å². The predicted molar refractivity (Wildman–Crippen MR) is 266 cm³/mol. The van der Waals surface area contributed by atoms with Gasteiger partial charge in [-0.25, -0.2) is 0 Å². The van der Waals surface area contributed by atoms with Crippen LogP contribution in [0.5, 0.6) is 0 Å². The number of rotatable bonds is 21. The zero-order chi connectivity index (χ0) is 47.0. The highest BCUT2D eigenvalue weighted by molar-refractivity contribution is 8.03. The second-order valence-corrected chi connectivity index (χ2v) is 22.7. The van der Waals surface area contributed by atoms with Crippen LogP contribution in [0, 0.1) is 0 Å². The number of benzene rings is 3. The summed E-state index contributed by atoms with van der Waals surface area (Å²) in [6.07, 6.45) is 14.2. The molecule has 0 bridgehead atoms. The molecule has 0 radical (unpaired) electrons. The van der Waals surface area contributed by atoms with E-state index >= 15 is 0 Å². The van der Waals surface area contributed by atoms with Crippen molar-refractivity contribution in [2.75, 3.05) is 42.6 Å². The van der Waals surface area contributed by atoms with Crippen molar-refractivity contribution in [3.05, 3.63) is 135 Å². The number of amides is 1. The number of anilines is 1. The van der Waals surface area contributed by atoms with E-state index in [9.17, 15) is 30.7 Å². The summed E-state index contributed by atoms with van der Waals surface area (Å²) in [7, 11) is -8.11. The molecule has 0 saturated heterocycles. The highest BCUT2D eigenvalue weighted by atomic mass is 32.2. The van der Waals surface area contributed by atoms with E-state index < -0.39 is 20.2 Å². The standard InChI is InChI=1S/C51H66N4O7S3/c1-37(36-47-51(4,5)43-21-8-10-23-45(43)55(47)33-14-16-35-65(60,61)62)41-19-17-18-38(48(41)63-40-27-24-39(25-28-40)49(56)53-31-12-6-11-30-52)26-29-46-50(2,3)42-20-7-9-22-44(42)54(46)32-13-15-34-64(57,58)59/h7-10,20-29,36H,6,11-19,30-35,52H2,1-5H3,(H2-,53,56,57,58,59,60,61,62)/p+1. The van der Waals surface area contributed by atoms with Crippen LogP contribution >= 0.6 is 11.8 Å². The summed E-state index contributed by atoms with van der Waals surface area (Å²) in [6.45, 7) is 13.6. The van der Waals surface area contributed by atoms with Crippen LogP contribution in [-0.2, 0) is 31.1 Å². The Morgan fingerprint density at radius 2 is 1.46 bits per heavy atom. The molecule has 0 aromatic heterocycles. The first-order valence-electron chi connectivity index (χ1n) is 22.9. The monoisotopic (exact) mass is 943 g/mol. The lowest BCUT2D eigenvalue weighted by Crippen LogP contribution is -2.28. The fraction of sp³-hybridized carbons (Fsp3) is 0.451. The van der Waals surface area contributed by atoms with Crippen molar-refractivity contribution in [1.29, 1.82) is 0 Å². The summed E-state index contributed by atoms with van der Waals surface area (Å²) < 4.78 is 67.4. The van der Waals surface area contributed by atoms with Crippen LogP contribution < -0.4 is 16.0 Å². The fourth-order valence-electron chi connectivity index (χ4n) is 9.39. The molecule has 0 spiro atoms. The maximum absolute atomic E-state index is 13.1. The maximum Gasteiger partial charge on any atom is 0.264 e. The normalized spacial score (nSPS) is 18.5. The van der Waals surface area contributed by atoms with Gasteiger partial charge < -0.3 is 16.0 Å². The molecule has 1 aliphatic carbocycles. The molecule has 11 nitrogen and oxygen atoms in total. The number of hydrogen-bond donors (Lipinski definition) is 4. The van der Waals surface area contributed by atoms with Crippen molar-refractivity contribution in [2.45, 2.75) is 115 Å². The van der Waals surface area contributed by atoms with Crippen LogP contribution in [0.1, 0.15) is 120 Å². The zero-order valence-corrected chi connectivity index (χ0v) is 41.1. The van der Waals surface area contributed by atoms with Crippen molar-refractivity contribution >= 4 is 55.0 Å². The maximum atomic E-state index is 13.1. The van der Waals surface area contributed by atoms with Gasteiger partial charge in [0.25, 0.3) is 26.1 Å². The van der Waals surface area contributed by atoms with Crippen molar-refractivity contribution in [2.24, 2.45) is 5.73 Å². The second kappa shape index (κ2) is 21.5. The number of allylic oxidation sites excluding steroid dienone is 7. The number of hydrogen-bond acceptors (Lipinski definition) is 8. The molecule has 6 rings (SSSR count). The minimum absolute atomic E-state index is 0.0969. The van der Waals surface area contributed by atoms with Gasteiger partial charge in [-0.15, -0.1) is 0 Å². The fourth-order valence-corrected chi connectivity index (χ4v) is 11.7. The largest absolute Gasteiger partial charge is 0.352 e. The Hall–Kier alpha value is -4.31. The molecule has 3 aliphatic rings. The third kappa shape index (κ3) is 12.6. The van der Waals surface area contributed by atoms with Crippen molar-refractivity contribution < 1.29 is 35.3 Å². The van der Waals surface area contributed by atoms with E-state index in [2.05, 4.69) is 104 Å². The third-order valence-corrected chi connectivity index (χ3v) is 15.7. The molecule has 350 valence electrons. The van der Waals surface area contributed by atoms with Crippen molar-refractivity contribution in [1.82, 2.24) is 5.32 Å². The van der Waals surface area contributed by atoms with Gasteiger partial charge in [-0.2, -0.15) is 21.4 Å². The first-order chi connectivity index (χ1) is 30.8. The minimum atomic E-state index is -4.05. The van der Waals surface area contributed by atoms with E-state index in [1.807, 2.05) is 36.4 Å². The highest BCUT2D eigenvalue weighted by Gasteiger charge is 2.44. The van der Waals surface area contributed by atoms with Crippen LogP contribution in [0.15, 0.2) is 123 Å². The van der Waals surface area contributed by atoms with Crippen LogP contribution in [0.4, 0.5) is 11.4 Å². The molecule has 1 amide bonds. The number of thioether (sulfide) groups is 1. The molecule has 3 aromatic rings. The summed E-state index contributed by atoms with van der Waals surface area (Å²) >= 11 is 1.71. The lowest BCUT2D eigenvalue weighted by molar-refractivity contribution is -0.438. The molecule has 65 heavy (non-hydrogen) atoms. The SMILES string of the molecule is CC(/C=C1/N(CCCCS(=O)(=O)O)c2ccccc2C1(C)C)=C1/CCCC(/C=C/C2=[N+](CCCCS(=O)(=O)O)c3ccccc3C2(C)C)=C1Sc1ccc(C(=O)NCCCCCN)cc1. The van der Waals surface area contributed by atoms with Gasteiger partial charge in [-0.3, -0.25) is 13.9 Å². The van der Waals surface area contributed by atoms with Gasteiger partial charge in [0.1, 0.15) is 6.54 Å². The van der Waals surface area contributed by atoms with Crippen molar-refractivity contribution in [3.63, 3.8) is 0 Å². The first kappa shape index (κ1) is 50.1. The van der Waals surface area contributed by atoms with Crippen LogP contribution in [0.25, 0.3) is 0 Å². The molecule has 3 aromatic carbocycles. The van der Waals surface area contributed by atoms with E-state index in [0.29, 0.717) is 57.4 Å². The van der Waals surface area contributed by atoms with E-state index in [1.165, 1.54) is 27.2 Å². The second-order valence-electron chi connectivity index (χ2n) is 18.4. The Morgan fingerprint density at radius 1 is 0.800 bits per heavy atom.